The van der Waals surface area contributed by atoms with Crippen molar-refractivity contribution >= 4 is 39.1 Å². The summed E-state index contributed by atoms with van der Waals surface area (Å²) in [5, 5.41) is 0.737. The fraction of sp³-hybridized carbons (Fsp3) is 0.480. The first-order chi connectivity index (χ1) is 15.8. The first-order valence-corrected chi connectivity index (χ1v) is 13.9. The van der Waals surface area contributed by atoms with Gasteiger partial charge in [-0.2, -0.15) is 0 Å². The molecule has 0 saturated carbocycles. The summed E-state index contributed by atoms with van der Waals surface area (Å²) < 4.78 is 27.6. The molecular formula is C25H30Cl2N2O3S. The summed E-state index contributed by atoms with van der Waals surface area (Å²) >= 11 is 12.0. The van der Waals surface area contributed by atoms with Crippen molar-refractivity contribution in [2.45, 2.75) is 37.9 Å². The van der Waals surface area contributed by atoms with E-state index >= 15 is 0 Å². The lowest BCUT2D eigenvalue weighted by Crippen LogP contribution is -2.48. The monoisotopic (exact) mass is 508 g/mol. The van der Waals surface area contributed by atoms with Crippen LogP contribution in [0.1, 0.15) is 36.8 Å². The van der Waals surface area contributed by atoms with Crippen LogP contribution in [0.2, 0.25) is 10.0 Å². The van der Waals surface area contributed by atoms with E-state index in [1.165, 1.54) is 9.87 Å². The summed E-state index contributed by atoms with van der Waals surface area (Å²) in [5.41, 5.74) is 1.94. The molecule has 0 radical (unpaired) electrons. The third-order valence-electron chi connectivity index (χ3n) is 6.75. The molecule has 5 nitrogen and oxygen atoms in total. The summed E-state index contributed by atoms with van der Waals surface area (Å²) in [6, 6.07) is 15.4. The van der Waals surface area contributed by atoms with Crippen LogP contribution >= 0.6 is 23.2 Å². The molecule has 1 atom stereocenters. The highest BCUT2D eigenvalue weighted by Gasteiger charge is 2.35. The molecule has 2 aliphatic rings. The number of benzene rings is 2. The quantitative estimate of drug-likeness (QED) is 0.550. The van der Waals surface area contributed by atoms with E-state index < -0.39 is 10.0 Å². The maximum atomic E-state index is 13.2. The van der Waals surface area contributed by atoms with E-state index in [2.05, 4.69) is 24.3 Å². The Morgan fingerprint density at radius 2 is 1.64 bits per heavy atom. The van der Waals surface area contributed by atoms with E-state index in [-0.39, 0.29) is 24.1 Å². The summed E-state index contributed by atoms with van der Waals surface area (Å²) in [6.07, 6.45) is 4.47. The van der Waals surface area contributed by atoms with Crippen LogP contribution in [0.5, 0.6) is 0 Å². The molecule has 0 unspecified atom stereocenters. The maximum Gasteiger partial charge on any atom is 0.227 e. The van der Waals surface area contributed by atoms with E-state index in [0.717, 1.165) is 38.8 Å². The van der Waals surface area contributed by atoms with Crippen LogP contribution in [-0.4, -0.2) is 49.7 Å². The molecule has 2 saturated heterocycles. The number of carbonyl (C=O) groups is 1. The molecule has 1 amide bonds. The highest BCUT2D eigenvalue weighted by atomic mass is 35.5. The van der Waals surface area contributed by atoms with E-state index in [0.29, 0.717) is 34.5 Å². The minimum Gasteiger partial charge on any atom is -0.342 e. The first kappa shape index (κ1) is 24.5. The Morgan fingerprint density at radius 1 is 0.909 bits per heavy atom. The second-order valence-electron chi connectivity index (χ2n) is 9.16. The van der Waals surface area contributed by atoms with Crippen LogP contribution in [0, 0.1) is 11.8 Å². The average Bonchev–Trinajstić information content (AvgIpc) is 2.82. The molecule has 0 aliphatic carbocycles. The molecule has 0 N–H and O–H groups in total. The first-order valence-electron chi connectivity index (χ1n) is 11.6. The highest BCUT2D eigenvalue weighted by molar-refractivity contribution is 7.88. The van der Waals surface area contributed by atoms with Gasteiger partial charge in [0.15, 0.2) is 0 Å². The number of halogens is 2. The Kier molecular flexibility index (Phi) is 8.00. The number of hydrogen-bond acceptors (Lipinski definition) is 3. The van der Waals surface area contributed by atoms with Crippen molar-refractivity contribution in [2.75, 3.05) is 26.2 Å². The maximum absolute atomic E-state index is 13.2. The molecule has 33 heavy (non-hydrogen) atoms. The lowest BCUT2D eigenvalue weighted by atomic mass is 9.89. The van der Waals surface area contributed by atoms with Gasteiger partial charge in [-0.1, -0.05) is 59.6 Å². The van der Waals surface area contributed by atoms with Gasteiger partial charge in [0.05, 0.1) is 21.7 Å². The third-order valence-corrected chi connectivity index (χ3v) is 9.31. The third kappa shape index (κ3) is 6.30. The zero-order valence-corrected chi connectivity index (χ0v) is 21.0. The molecule has 8 heteroatoms. The highest BCUT2D eigenvalue weighted by Crippen LogP contribution is 2.28. The molecule has 178 valence electrons. The van der Waals surface area contributed by atoms with Gasteiger partial charge >= 0.3 is 0 Å². The minimum atomic E-state index is -3.55. The Balaban J connectivity index is 1.32. The van der Waals surface area contributed by atoms with Crippen molar-refractivity contribution in [3.8, 4) is 0 Å². The van der Waals surface area contributed by atoms with E-state index in [9.17, 15) is 13.2 Å². The van der Waals surface area contributed by atoms with Gasteiger partial charge in [-0.3, -0.25) is 4.79 Å². The van der Waals surface area contributed by atoms with Gasteiger partial charge in [0.1, 0.15) is 0 Å². The normalized spacial score (nSPS) is 20.7. The predicted molar refractivity (Wildman–Crippen MR) is 133 cm³/mol. The van der Waals surface area contributed by atoms with Gasteiger partial charge in [0, 0.05) is 26.2 Å². The topological polar surface area (TPSA) is 57.7 Å². The van der Waals surface area contributed by atoms with Crippen molar-refractivity contribution in [2.24, 2.45) is 11.8 Å². The van der Waals surface area contributed by atoms with Gasteiger partial charge in [0.25, 0.3) is 0 Å². The van der Waals surface area contributed by atoms with Gasteiger partial charge in [-0.25, -0.2) is 12.7 Å². The Morgan fingerprint density at radius 3 is 2.33 bits per heavy atom. The van der Waals surface area contributed by atoms with Gasteiger partial charge in [-0.15, -0.1) is 0 Å². The zero-order valence-electron chi connectivity index (χ0n) is 18.6. The second kappa shape index (κ2) is 10.8. The minimum absolute atomic E-state index is 0.0996. The molecule has 4 rings (SSSR count). The number of sulfonamides is 1. The average molecular weight is 509 g/mol. The fourth-order valence-corrected chi connectivity index (χ4v) is 6.81. The molecule has 0 bridgehead atoms. The molecule has 0 aromatic heterocycles. The predicted octanol–water partition coefficient (Wildman–Crippen LogP) is 5.02. The van der Waals surface area contributed by atoms with Crippen molar-refractivity contribution in [3.05, 3.63) is 69.7 Å². The van der Waals surface area contributed by atoms with Gasteiger partial charge < -0.3 is 4.90 Å². The molecule has 2 aromatic rings. The summed E-state index contributed by atoms with van der Waals surface area (Å²) in [7, 11) is -3.55. The molecule has 2 aromatic carbocycles. The van der Waals surface area contributed by atoms with Crippen molar-refractivity contribution < 1.29 is 13.2 Å². The summed E-state index contributed by atoms with van der Waals surface area (Å²) in [6.45, 7) is 2.21. The van der Waals surface area contributed by atoms with Crippen LogP contribution in [-0.2, 0) is 27.0 Å². The lowest BCUT2D eigenvalue weighted by molar-refractivity contribution is -0.138. The second-order valence-corrected chi connectivity index (χ2v) is 11.9. The number of hydrogen-bond donors (Lipinski definition) is 0. The van der Waals surface area contributed by atoms with Crippen LogP contribution < -0.4 is 0 Å². The van der Waals surface area contributed by atoms with Gasteiger partial charge in [-0.05, 0) is 61.3 Å². The SMILES string of the molecule is O=C([C@H]1CCCN(S(=O)(=O)Cc2ccc(Cl)c(Cl)c2)C1)N1CCC(Cc2ccccc2)CC1. The van der Waals surface area contributed by atoms with Gasteiger partial charge in [0.2, 0.25) is 15.9 Å². The van der Waals surface area contributed by atoms with Crippen LogP contribution in [0.3, 0.4) is 0 Å². The number of amides is 1. The van der Waals surface area contributed by atoms with E-state index in [1.54, 1.807) is 18.2 Å². The largest absolute Gasteiger partial charge is 0.342 e. The Hall–Kier alpha value is -1.60. The van der Waals surface area contributed by atoms with Crippen LogP contribution in [0.15, 0.2) is 48.5 Å². The van der Waals surface area contributed by atoms with Crippen LogP contribution in [0.4, 0.5) is 0 Å². The molecule has 2 heterocycles. The molecule has 2 aliphatic heterocycles. The van der Waals surface area contributed by atoms with E-state index in [1.807, 2.05) is 11.0 Å². The summed E-state index contributed by atoms with van der Waals surface area (Å²) in [5.74, 6) is 0.275. The number of piperidine rings is 2. The number of nitrogens with zero attached hydrogens (tertiary/aromatic N) is 2. The number of rotatable bonds is 6. The number of carbonyl (C=O) groups excluding carboxylic acids is 1. The summed E-state index contributed by atoms with van der Waals surface area (Å²) in [4.78, 5) is 15.1. The van der Waals surface area contributed by atoms with Crippen molar-refractivity contribution in [1.29, 1.82) is 0 Å². The van der Waals surface area contributed by atoms with Crippen LogP contribution in [0.25, 0.3) is 0 Å². The fourth-order valence-electron chi connectivity index (χ4n) is 4.89. The smallest absolute Gasteiger partial charge is 0.227 e. The van der Waals surface area contributed by atoms with Crippen molar-refractivity contribution in [1.82, 2.24) is 9.21 Å². The molecular weight excluding hydrogens is 479 g/mol. The van der Waals surface area contributed by atoms with Crippen molar-refractivity contribution in [3.63, 3.8) is 0 Å². The molecule has 2 fully saturated rings. The number of likely N-dealkylation sites (tertiary alicyclic amines) is 1. The Labute approximate surface area is 206 Å². The lowest BCUT2D eigenvalue weighted by Gasteiger charge is -2.37. The zero-order chi connectivity index (χ0) is 23.4. The molecule has 0 spiro atoms. The standard InChI is InChI=1S/C25H30Cl2N2O3S/c26-23-9-8-21(16-24(23)27)18-33(31,32)29-12-4-7-22(17-29)25(30)28-13-10-20(11-14-28)15-19-5-2-1-3-6-19/h1-3,5-6,8-9,16,20,22H,4,7,10-15,17-18H2/t22-/m0/s1. The Bertz CT molecular complexity index is 1070. The van der Waals surface area contributed by atoms with E-state index in [4.69, 9.17) is 23.2 Å².